The standard InChI is InChI=1S/C28H24ClNO4S/c1-20(23-16-17-30(19-23)35(32,33)26-6-4-3-5-7-26)27(21-8-12-24(29)13-9-21)18-28(31)22-10-14-25(34-2)15-11-22/h3-17,19H,18H2,1-2H3/b27-20-. The number of aromatic nitrogens is 1. The average molecular weight is 506 g/mol. The van der Waals surface area contributed by atoms with E-state index in [4.69, 9.17) is 16.3 Å². The molecule has 0 amide bonds. The Labute approximate surface area is 210 Å². The predicted octanol–water partition coefficient (Wildman–Crippen LogP) is 6.59. The Hall–Kier alpha value is -3.61. The van der Waals surface area contributed by atoms with Gasteiger partial charge in [-0.15, -0.1) is 0 Å². The molecule has 1 aromatic heterocycles. The summed E-state index contributed by atoms with van der Waals surface area (Å²) in [5, 5.41) is 0.590. The Balaban J connectivity index is 1.73. The van der Waals surface area contributed by atoms with Gasteiger partial charge in [0.25, 0.3) is 10.0 Å². The summed E-state index contributed by atoms with van der Waals surface area (Å²) in [6.45, 7) is 1.89. The van der Waals surface area contributed by atoms with Crippen LogP contribution in [0.2, 0.25) is 5.02 Å². The van der Waals surface area contributed by atoms with Crippen LogP contribution in [0.15, 0.2) is 102 Å². The molecule has 4 rings (SSSR count). The molecule has 1 heterocycles. The van der Waals surface area contributed by atoms with E-state index >= 15 is 0 Å². The summed E-state index contributed by atoms with van der Waals surface area (Å²) < 4.78 is 32.4. The number of methoxy groups -OCH3 is 1. The summed E-state index contributed by atoms with van der Waals surface area (Å²) in [6.07, 6.45) is 3.23. The van der Waals surface area contributed by atoms with Crippen molar-refractivity contribution < 1.29 is 17.9 Å². The Morgan fingerprint density at radius 3 is 2.11 bits per heavy atom. The Bertz CT molecular complexity index is 1470. The number of hydrogen-bond acceptors (Lipinski definition) is 4. The van der Waals surface area contributed by atoms with Gasteiger partial charge in [0.1, 0.15) is 5.75 Å². The normalized spacial score (nSPS) is 12.2. The molecule has 0 aliphatic rings. The highest BCUT2D eigenvalue weighted by Gasteiger charge is 2.19. The zero-order chi connectivity index (χ0) is 25.0. The average Bonchev–Trinajstić information content (AvgIpc) is 3.39. The SMILES string of the molecule is COc1ccc(C(=O)C/C(=C(\C)c2ccn(S(=O)(=O)c3ccccc3)c2)c2ccc(Cl)cc2)cc1. The van der Waals surface area contributed by atoms with Crippen LogP contribution in [-0.4, -0.2) is 25.3 Å². The van der Waals surface area contributed by atoms with Gasteiger partial charge in [-0.05, 0) is 83.8 Å². The fourth-order valence-electron chi connectivity index (χ4n) is 3.78. The third-order valence-corrected chi connectivity index (χ3v) is 7.72. The molecule has 0 fully saturated rings. The first-order chi connectivity index (χ1) is 16.8. The molecule has 0 N–H and O–H groups in total. The molecule has 0 bridgehead atoms. The van der Waals surface area contributed by atoms with Gasteiger partial charge in [-0.1, -0.05) is 41.9 Å². The van der Waals surface area contributed by atoms with E-state index in [2.05, 4.69) is 0 Å². The molecule has 5 nitrogen and oxygen atoms in total. The van der Waals surface area contributed by atoms with Gasteiger partial charge >= 0.3 is 0 Å². The molecule has 0 saturated carbocycles. The minimum atomic E-state index is -3.72. The molecule has 178 valence electrons. The Morgan fingerprint density at radius 1 is 0.857 bits per heavy atom. The fourth-order valence-corrected chi connectivity index (χ4v) is 5.12. The number of hydrogen-bond donors (Lipinski definition) is 0. The van der Waals surface area contributed by atoms with Crippen molar-refractivity contribution in [2.75, 3.05) is 7.11 Å². The van der Waals surface area contributed by atoms with Gasteiger partial charge in [0.05, 0.1) is 12.0 Å². The van der Waals surface area contributed by atoms with Crippen molar-refractivity contribution >= 4 is 38.6 Å². The van der Waals surface area contributed by atoms with Crippen molar-refractivity contribution in [3.63, 3.8) is 0 Å². The van der Waals surface area contributed by atoms with Crippen LogP contribution in [-0.2, 0) is 10.0 Å². The van der Waals surface area contributed by atoms with Crippen molar-refractivity contribution in [1.82, 2.24) is 3.97 Å². The van der Waals surface area contributed by atoms with Crippen LogP contribution in [0.1, 0.15) is 34.8 Å². The van der Waals surface area contributed by atoms with Crippen molar-refractivity contribution in [3.05, 3.63) is 119 Å². The van der Waals surface area contributed by atoms with Crippen LogP contribution < -0.4 is 4.74 Å². The maximum Gasteiger partial charge on any atom is 0.267 e. The van der Waals surface area contributed by atoms with E-state index in [1.807, 2.05) is 19.1 Å². The molecule has 4 aromatic rings. The molecule has 7 heteroatoms. The molecule has 0 radical (unpaired) electrons. The highest BCUT2D eigenvalue weighted by molar-refractivity contribution is 7.90. The number of halogens is 1. The zero-order valence-corrected chi connectivity index (χ0v) is 20.9. The highest BCUT2D eigenvalue weighted by Crippen LogP contribution is 2.32. The van der Waals surface area contributed by atoms with Crippen LogP contribution in [0, 0.1) is 0 Å². The number of allylic oxidation sites excluding steroid dienone is 2. The van der Waals surface area contributed by atoms with Gasteiger partial charge < -0.3 is 4.74 Å². The smallest absolute Gasteiger partial charge is 0.267 e. The van der Waals surface area contributed by atoms with E-state index in [1.165, 1.54) is 10.2 Å². The van der Waals surface area contributed by atoms with Crippen LogP contribution in [0.25, 0.3) is 11.1 Å². The van der Waals surface area contributed by atoms with Crippen LogP contribution in [0.3, 0.4) is 0 Å². The summed E-state index contributed by atoms with van der Waals surface area (Å²) in [4.78, 5) is 13.4. The molecule has 3 aromatic carbocycles. The molecule has 0 spiro atoms. The largest absolute Gasteiger partial charge is 0.497 e. The first kappa shape index (κ1) is 24.5. The topological polar surface area (TPSA) is 65.4 Å². The van der Waals surface area contributed by atoms with Gasteiger partial charge in [0, 0.05) is 29.4 Å². The maximum atomic E-state index is 13.2. The summed E-state index contributed by atoms with van der Waals surface area (Å²) in [5.41, 5.74) is 3.70. The van der Waals surface area contributed by atoms with Crippen LogP contribution in [0.4, 0.5) is 0 Å². The van der Waals surface area contributed by atoms with Gasteiger partial charge in [-0.25, -0.2) is 12.4 Å². The monoisotopic (exact) mass is 505 g/mol. The number of benzene rings is 3. The van der Waals surface area contributed by atoms with Gasteiger partial charge in [0.2, 0.25) is 0 Å². The Kier molecular flexibility index (Phi) is 7.24. The van der Waals surface area contributed by atoms with Gasteiger partial charge in [0.15, 0.2) is 5.78 Å². The lowest BCUT2D eigenvalue weighted by atomic mass is 9.91. The van der Waals surface area contributed by atoms with E-state index in [0.29, 0.717) is 21.9 Å². The van der Waals surface area contributed by atoms with E-state index in [-0.39, 0.29) is 17.1 Å². The lowest BCUT2D eigenvalue weighted by Crippen LogP contribution is -2.10. The summed E-state index contributed by atoms with van der Waals surface area (Å²) >= 11 is 6.09. The number of Topliss-reactive ketones (excluding diaryl/α,β-unsaturated/α-hetero) is 1. The third-order valence-electron chi connectivity index (χ3n) is 5.81. The molecule has 0 saturated heterocycles. The summed E-state index contributed by atoms with van der Waals surface area (Å²) in [5.74, 6) is 0.612. The van der Waals surface area contributed by atoms with E-state index in [0.717, 1.165) is 16.7 Å². The van der Waals surface area contributed by atoms with Gasteiger partial charge in [-0.2, -0.15) is 0 Å². The zero-order valence-electron chi connectivity index (χ0n) is 19.3. The molecule has 0 atom stereocenters. The second-order valence-electron chi connectivity index (χ2n) is 7.99. The second kappa shape index (κ2) is 10.3. The molecular weight excluding hydrogens is 482 g/mol. The van der Waals surface area contributed by atoms with E-state index in [9.17, 15) is 13.2 Å². The second-order valence-corrected chi connectivity index (χ2v) is 10.3. The summed E-state index contributed by atoms with van der Waals surface area (Å²) in [6, 6.07) is 24.2. The number of rotatable bonds is 8. The number of ketones is 1. The number of nitrogens with zero attached hydrogens (tertiary/aromatic N) is 1. The minimum Gasteiger partial charge on any atom is -0.497 e. The fraction of sp³-hybridized carbons (Fsp3) is 0.107. The third kappa shape index (κ3) is 5.39. The molecule has 0 aliphatic carbocycles. The van der Waals surface area contributed by atoms with Crippen molar-refractivity contribution in [2.45, 2.75) is 18.2 Å². The predicted molar refractivity (Wildman–Crippen MR) is 139 cm³/mol. The molecule has 0 aliphatic heterocycles. The quantitative estimate of drug-likeness (QED) is 0.253. The minimum absolute atomic E-state index is 0.0618. The molecule has 35 heavy (non-hydrogen) atoms. The van der Waals surface area contributed by atoms with Gasteiger partial charge in [-0.3, -0.25) is 4.79 Å². The van der Waals surface area contributed by atoms with Crippen molar-refractivity contribution in [3.8, 4) is 5.75 Å². The Morgan fingerprint density at radius 2 is 1.49 bits per heavy atom. The number of ether oxygens (including phenoxy) is 1. The summed E-state index contributed by atoms with van der Waals surface area (Å²) in [7, 11) is -2.15. The number of carbonyl (C=O) groups is 1. The van der Waals surface area contributed by atoms with Crippen LogP contribution >= 0.6 is 11.6 Å². The van der Waals surface area contributed by atoms with Crippen molar-refractivity contribution in [1.29, 1.82) is 0 Å². The first-order valence-corrected chi connectivity index (χ1v) is 12.7. The lowest BCUT2D eigenvalue weighted by molar-refractivity contribution is 0.0998. The molecule has 0 unspecified atom stereocenters. The molecular formula is C28H24ClNO4S. The highest BCUT2D eigenvalue weighted by atomic mass is 35.5. The lowest BCUT2D eigenvalue weighted by Gasteiger charge is -2.13. The van der Waals surface area contributed by atoms with E-state index < -0.39 is 10.0 Å². The van der Waals surface area contributed by atoms with Crippen molar-refractivity contribution in [2.24, 2.45) is 0 Å². The first-order valence-electron chi connectivity index (χ1n) is 10.9. The van der Waals surface area contributed by atoms with Crippen LogP contribution in [0.5, 0.6) is 5.75 Å². The number of carbonyl (C=O) groups excluding carboxylic acids is 1. The maximum absolute atomic E-state index is 13.2. The van der Waals surface area contributed by atoms with E-state index in [1.54, 1.807) is 86.1 Å².